The molecule has 0 aliphatic carbocycles. The number of carbonyl (C=O) groups is 1. The Hall–Kier alpha value is -3.26. The van der Waals surface area contributed by atoms with E-state index in [0.29, 0.717) is 24.6 Å². The average molecular weight is 426 g/mol. The molecule has 1 aliphatic rings. The number of rotatable bonds is 5. The van der Waals surface area contributed by atoms with Crippen molar-refractivity contribution in [2.24, 2.45) is 0 Å². The van der Waals surface area contributed by atoms with E-state index >= 15 is 0 Å². The summed E-state index contributed by atoms with van der Waals surface area (Å²) in [6.45, 7) is 1.17. The van der Waals surface area contributed by atoms with Gasteiger partial charge < -0.3 is 24.4 Å². The Kier molecular flexibility index (Phi) is 5.76. The number of carbonyl (C=O) groups excluding carboxylic acids is 1. The van der Waals surface area contributed by atoms with E-state index in [9.17, 15) is 4.79 Å². The number of benzene rings is 2. The lowest BCUT2D eigenvalue weighted by molar-refractivity contribution is 0.207. The summed E-state index contributed by atoms with van der Waals surface area (Å²) in [5.41, 5.74) is 2.77. The first-order chi connectivity index (χ1) is 14.6. The molecule has 2 amide bonds. The summed E-state index contributed by atoms with van der Waals surface area (Å²) in [6.07, 6.45) is 0.731. The molecule has 30 heavy (non-hydrogen) atoms. The third kappa shape index (κ3) is 4.04. The molecule has 2 aromatic carbocycles. The van der Waals surface area contributed by atoms with Crippen LogP contribution >= 0.6 is 11.3 Å². The fourth-order valence-electron chi connectivity index (χ4n) is 3.34. The van der Waals surface area contributed by atoms with Crippen LogP contribution in [0.4, 0.5) is 10.5 Å². The van der Waals surface area contributed by atoms with Crippen molar-refractivity contribution >= 4 is 23.1 Å². The molecule has 0 saturated heterocycles. The smallest absolute Gasteiger partial charge is 0.322 e. The van der Waals surface area contributed by atoms with Crippen molar-refractivity contribution in [3.63, 3.8) is 0 Å². The van der Waals surface area contributed by atoms with Crippen molar-refractivity contribution in [1.29, 1.82) is 0 Å². The lowest BCUT2D eigenvalue weighted by atomic mass is 10.2. The molecule has 4 rings (SSSR count). The van der Waals surface area contributed by atoms with Gasteiger partial charge in [0.2, 0.25) is 0 Å². The first-order valence-corrected chi connectivity index (χ1v) is 10.3. The maximum absolute atomic E-state index is 12.7. The molecule has 0 radical (unpaired) electrons. The summed E-state index contributed by atoms with van der Waals surface area (Å²) in [4.78, 5) is 20.4. The molecule has 1 N–H and O–H groups in total. The van der Waals surface area contributed by atoms with Gasteiger partial charge in [0.15, 0.2) is 11.5 Å². The second kappa shape index (κ2) is 8.62. The van der Waals surface area contributed by atoms with Gasteiger partial charge in [0.25, 0.3) is 0 Å². The van der Waals surface area contributed by atoms with E-state index in [2.05, 4.69) is 5.32 Å². The SMILES string of the molecule is COc1ccc(NC(=O)N2CCc3nc(-c4ccc(OC)c(OC)c4)sc3C2)cc1. The Morgan fingerprint density at radius 1 is 1.03 bits per heavy atom. The van der Waals surface area contributed by atoms with Crippen LogP contribution in [0.15, 0.2) is 42.5 Å². The van der Waals surface area contributed by atoms with Crippen molar-refractivity contribution in [2.75, 3.05) is 33.2 Å². The molecule has 8 heteroatoms. The Morgan fingerprint density at radius 2 is 1.80 bits per heavy atom. The first-order valence-electron chi connectivity index (χ1n) is 9.52. The van der Waals surface area contributed by atoms with Crippen molar-refractivity contribution in [3.05, 3.63) is 53.0 Å². The number of methoxy groups -OCH3 is 3. The maximum atomic E-state index is 12.7. The zero-order valence-electron chi connectivity index (χ0n) is 17.1. The van der Waals surface area contributed by atoms with E-state index in [0.717, 1.165) is 39.0 Å². The van der Waals surface area contributed by atoms with Gasteiger partial charge in [-0.25, -0.2) is 9.78 Å². The van der Waals surface area contributed by atoms with Gasteiger partial charge in [-0.3, -0.25) is 0 Å². The van der Waals surface area contributed by atoms with Crippen LogP contribution in [0.1, 0.15) is 10.6 Å². The summed E-state index contributed by atoms with van der Waals surface area (Å²) in [7, 11) is 4.85. The highest BCUT2D eigenvalue weighted by Crippen LogP contribution is 2.36. The Labute approximate surface area is 179 Å². The number of urea groups is 1. The van der Waals surface area contributed by atoms with Gasteiger partial charge in [-0.1, -0.05) is 0 Å². The molecule has 156 valence electrons. The largest absolute Gasteiger partial charge is 0.497 e. The number of thiazole rings is 1. The molecular weight excluding hydrogens is 402 g/mol. The number of hydrogen-bond donors (Lipinski definition) is 1. The average Bonchev–Trinajstić information content (AvgIpc) is 3.22. The lowest BCUT2D eigenvalue weighted by Gasteiger charge is -2.26. The molecule has 2 heterocycles. The van der Waals surface area contributed by atoms with Crippen LogP contribution in [-0.4, -0.2) is 43.8 Å². The molecular formula is C22H23N3O4S. The molecule has 0 bridgehead atoms. The van der Waals surface area contributed by atoms with Gasteiger partial charge in [0.05, 0.1) is 33.6 Å². The summed E-state index contributed by atoms with van der Waals surface area (Å²) in [6, 6.07) is 13.0. The highest BCUT2D eigenvalue weighted by Gasteiger charge is 2.25. The number of hydrogen-bond acceptors (Lipinski definition) is 6. The molecule has 1 aliphatic heterocycles. The minimum atomic E-state index is -0.119. The molecule has 0 spiro atoms. The minimum Gasteiger partial charge on any atom is -0.497 e. The highest BCUT2D eigenvalue weighted by atomic mass is 32.1. The summed E-state index contributed by atoms with van der Waals surface area (Å²) < 4.78 is 15.9. The monoisotopic (exact) mass is 425 g/mol. The lowest BCUT2D eigenvalue weighted by Crippen LogP contribution is -2.38. The minimum absolute atomic E-state index is 0.119. The van der Waals surface area contributed by atoms with Crippen molar-refractivity contribution in [3.8, 4) is 27.8 Å². The number of fused-ring (bicyclic) bond motifs is 1. The Bertz CT molecular complexity index is 1050. The standard InChI is InChI=1S/C22H23N3O4S/c1-27-16-7-5-15(6-8-16)23-22(26)25-11-10-17-20(13-25)30-21(24-17)14-4-9-18(28-2)19(12-14)29-3/h4-9,12H,10-11,13H2,1-3H3,(H,23,26). The van der Waals surface area contributed by atoms with E-state index < -0.39 is 0 Å². The quantitative estimate of drug-likeness (QED) is 0.655. The number of amides is 2. The number of anilines is 1. The predicted molar refractivity (Wildman–Crippen MR) is 117 cm³/mol. The summed E-state index contributed by atoms with van der Waals surface area (Å²) in [5, 5.41) is 3.86. The number of nitrogens with zero attached hydrogens (tertiary/aromatic N) is 2. The van der Waals surface area contributed by atoms with Crippen LogP contribution in [0.5, 0.6) is 17.2 Å². The van der Waals surface area contributed by atoms with Gasteiger partial charge in [0, 0.05) is 29.1 Å². The molecule has 0 atom stereocenters. The van der Waals surface area contributed by atoms with Crippen LogP contribution < -0.4 is 19.5 Å². The fourth-order valence-corrected chi connectivity index (χ4v) is 4.46. The van der Waals surface area contributed by atoms with E-state index in [1.807, 2.05) is 47.4 Å². The van der Waals surface area contributed by atoms with Gasteiger partial charge in [0.1, 0.15) is 10.8 Å². The van der Waals surface area contributed by atoms with Gasteiger partial charge in [-0.05, 0) is 42.5 Å². The molecule has 7 nitrogen and oxygen atoms in total. The van der Waals surface area contributed by atoms with Crippen molar-refractivity contribution < 1.29 is 19.0 Å². The van der Waals surface area contributed by atoms with Crippen LogP contribution in [0.25, 0.3) is 10.6 Å². The normalized spacial score (nSPS) is 12.8. The van der Waals surface area contributed by atoms with E-state index in [4.69, 9.17) is 19.2 Å². The van der Waals surface area contributed by atoms with Gasteiger partial charge in [-0.2, -0.15) is 0 Å². The van der Waals surface area contributed by atoms with E-state index in [1.165, 1.54) is 0 Å². The number of nitrogens with one attached hydrogen (secondary N) is 1. The molecule has 0 saturated carbocycles. The molecule has 0 fully saturated rings. The number of aromatic nitrogens is 1. The first kappa shape index (κ1) is 20.0. The zero-order valence-corrected chi connectivity index (χ0v) is 17.9. The highest BCUT2D eigenvalue weighted by molar-refractivity contribution is 7.15. The Balaban J connectivity index is 1.48. The molecule has 1 aromatic heterocycles. The van der Waals surface area contributed by atoms with Crippen LogP contribution in [0.2, 0.25) is 0 Å². The third-order valence-electron chi connectivity index (χ3n) is 4.99. The second-order valence-corrected chi connectivity index (χ2v) is 7.87. The molecule has 3 aromatic rings. The predicted octanol–water partition coefficient (Wildman–Crippen LogP) is 4.43. The van der Waals surface area contributed by atoms with Crippen LogP contribution in [0, 0.1) is 0 Å². The van der Waals surface area contributed by atoms with E-state index in [1.54, 1.807) is 32.7 Å². The summed E-state index contributed by atoms with van der Waals surface area (Å²) in [5.74, 6) is 2.11. The van der Waals surface area contributed by atoms with Gasteiger partial charge >= 0.3 is 6.03 Å². The van der Waals surface area contributed by atoms with Crippen LogP contribution in [0.3, 0.4) is 0 Å². The van der Waals surface area contributed by atoms with Crippen molar-refractivity contribution in [1.82, 2.24) is 9.88 Å². The van der Waals surface area contributed by atoms with Crippen molar-refractivity contribution in [2.45, 2.75) is 13.0 Å². The van der Waals surface area contributed by atoms with Crippen LogP contribution in [-0.2, 0) is 13.0 Å². The Morgan fingerprint density at radius 3 is 2.50 bits per heavy atom. The summed E-state index contributed by atoms with van der Waals surface area (Å²) >= 11 is 1.61. The van der Waals surface area contributed by atoms with E-state index in [-0.39, 0.29) is 6.03 Å². The van der Waals surface area contributed by atoms with Gasteiger partial charge in [-0.15, -0.1) is 11.3 Å². The fraction of sp³-hybridized carbons (Fsp3) is 0.273. The second-order valence-electron chi connectivity index (χ2n) is 6.79. The zero-order chi connectivity index (χ0) is 21.1. The molecule has 0 unspecified atom stereocenters. The maximum Gasteiger partial charge on any atom is 0.322 e. The number of ether oxygens (including phenoxy) is 3. The topological polar surface area (TPSA) is 72.9 Å². The third-order valence-corrected chi connectivity index (χ3v) is 6.12.